The van der Waals surface area contributed by atoms with Crippen molar-refractivity contribution in [1.82, 2.24) is 5.32 Å². The van der Waals surface area contributed by atoms with Crippen molar-refractivity contribution in [2.24, 2.45) is 5.92 Å². The maximum absolute atomic E-state index is 8.41. The Morgan fingerprint density at radius 1 is 1.55 bits per heavy atom. The van der Waals surface area contributed by atoms with E-state index in [4.69, 9.17) is 5.26 Å². The Morgan fingerprint density at radius 2 is 2.18 bits per heavy atom. The Morgan fingerprint density at radius 3 is 2.64 bits per heavy atom. The molecule has 2 heteroatoms. The van der Waals surface area contributed by atoms with Gasteiger partial charge in [0.2, 0.25) is 0 Å². The zero-order chi connectivity index (χ0) is 8.27. The molecule has 0 aromatic carbocycles. The topological polar surface area (TPSA) is 35.8 Å². The third-order valence-corrected chi connectivity index (χ3v) is 2.27. The van der Waals surface area contributed by atoms with Crippen LogP contribution in [0.5, 0.6) is 0 Å². The molecule has 2 unspecified atom stereocenters. The van der Waals surface area contributed by atoms with Gasteiger partial charge in [-0.15, -0.1) is 0 Å². The standard InChI is InChI=1S/C9H16N2/c1-7(5-6-10)11-8(2)9-3-4-9/h7-9,11H,3-5H2,1-2H3. The van der Waals surface area contributed by atoms with Gasteiger partial charge in [-0.25, -0.2) is 0 Å². The summed E-state index contributed by atoms with van der Waals surface area (Å²) in [6.07, 6.45) is 3.36. The quantitative estimate of drug-likeness (QED) is 0.665. The molecule has 0 radical (unpaired) electrons. The largest absolute Gasteiger partial charge is 0.310 e. The van der Waals surface area contributed by atoms with Crippen LogP contribution < -0.4 is 5.32 Å². The van der Waals surface area contributed by atoms with Crippen molar-refractivity contribution in [2.45, 2.75) is 45.2 Å². The lowest BCUT2D eigenvalue weighted by atomic mass is 10.1. The number of hydrogen-bond acceptors (Lipinski definition) is 2. The highest BCUT2D eigenvalue weighted by Crippen LogP contribution is 2.32. The zero-order valence-electron chi connectivity index (χ0n) is 7.30. The first-order valence-electron chi connectivity index (χ1n) is 4.37. The first-order chi connectivity index (χ1) is 5.24. The second kappa shape index (κ2) is 3.73. The summed E-state index contributed by atoms with van der Waals surface area (Å²) in [6.45, 7) is 4.29. The van der Waals surface area contributed by atoms with E-state index in [1.54, 1.807) is 0 Å². The molecule has 0 amide bonds. The highest BCUT2D eigenvalue weighted by atomic mass is 14.9. The van der Waals surface area contributed by atoms with Gasteiger partial charge in [0, 0.05) is 12.1 Å². The van der Waals surface area contributed by atoms with Crippen LogP contribution in [0.15, 0.2) is 0 Å². The molecular weight excluding hydrogens is 136 g/mol. The van der Waals surface area contributed by atoms with Crippen LogP contribution in [0.1, 0.15) is 33.1 Å². The molecule has 1 aliphatic rings. The van der Waals surface area contributed by atoms with Crippen molar-refractivity contribution >= 4 is 0 Å². The second-order valence-electron chi connectivity index (χ2n) is 3.56. The summed E-state index contributed by atoms with van der Waals surface area (Å²) < 4.78 is 0. The van der Waals surface area contributed by atoms with Crippen molar-refractivity contribution in [2.75, 3.05) is 0 Å². The zero-order valence-corrected chi connectivity index (χ0v) is 7.30. The highest BCUT2D eigenvalue weighted by molar-refractivity contribution is 4.87. The molecule has 11 heavy (non-hydrogen) atoms. The number of nitrogens with zero attached hydrogens (tertiary/aromatic N) is 1. The van der Waals surface area contributed by atoms with Crippen LogP contribution >= 0.6 is 0 Å². The van der Waals surface area contributed by atoms with Crippen LogP contribution in [0, 0.1) is 17.2 Å². The van der Waals surface area contributed by atoms with E-state index in [1.807, 2.05) is 0 Å². The van der Waals surface area contributed by atoms with Gasteiger partial charge in [-0.05, 0) is 32.6 Å². The maximum atomic E-state index is 8.41. The molecule has 0 aromatic rings. The number of nitriles is 1. The van der Waals surface area contributed by atoms with Gasteiger partial charge in [0.1, 0.15) is 0 Å². The Balaban J connectivity index is 2.13. The van der Waals surface area contributed by atoms with Crippen LogP contribution in [0.25, 0.3) is 0 Å². The number of nitrogens with one attached hydrogen (secondary N) is 1. The van der Waals surface area contributed by atoms with Gasteiger partial charge in [-0.1, -0.05) is 0 Å². The van der Waals surface area contributed by atoms with E-state index >= 15 is 0 Å². The molecule has 1 saturated carbocycles. The SMILES string of the molecule is CC(CC#N)NC(C)C1CC1. The van der Waals surface area contributed by atoms with Crippen molar-refractivity contribution in [3.63, 3.8) is 0 Å². The Labute approximate surface area is 68.6 Å². The fraction of sp³-hybridized carbons (Fsp3) is 0.889. The highest BCUT2D eigenvalue weighted by Gasteiger charge is 2.28. The van der Waals surface area contributed by atoms with Crippen LogP contribution in [0.3, 0.4) is 0 Å². The molecule has 0 bridgehead atoms. The van der Waals surface area contributed by atoms with E-state index in [9.17, 15) is 0 Å². The lowest BCUT2D eigenvalue weighted by Crippen LogP contribution is -2.35. The van der Waals surface area contributed by atoms with E-state index in [1.165, 1.54) is 12.8 Å². The lowest BCUT2D eigenvalue weighted by Gasteiger charge is -2.16. The molecule has 0 saturated heterocycles. The minimum absolute atomic E-state index is 0.357. The normalized spacial score (nSPS) is 22.3. The van der Waals surface area contributed by atoms with Gasteiger partial charge in [0.25, 0.3) is 0 Å². The van der Waals surface area contributed by atoms with E-state index in [-0.39, 0.29) is 0 Å². The van der Waals surface area contributed by atoms with E-state index in [0.717, 1.165) is 5.92 Å². The fourth-order valence-corrected chi connectivity index (χ4v) is 1.38. The summed E-state index contributed by atoms with van der Waals surface area (Å²) in [4.78, 5) is 0. The lowest BCUT2D eigenvalue weighted by molar-refractivity contribution is 0.436. The first-order valence-corrected chi connectivity index (χ1v) is 4.37. The van der Waals surface area contributed by atoms with Gasteiger partial charge in [-0.3, -0.25) is 0 Å². The summed E-state index contributed by atoms with van der Waals surface area (Å²) in [5.41, 5.74) is 0. The van der Waals surface area contributed by atoms with Crippen molar-refractivity contribution < 1.29 is 0 Å². The van der Waals surface area contributed by atoms with Gasteiger partial charge >= 0.3 is 0 Å². The third kappa shape index (κ3) is 2.90. The van der Waals surface area contributed by atoms with Crippen LogP contribution in [-0.4, -0.2) is 12.1 Å². The summed E-state index contributed by atoms with van der Waals surface area (Å²) in [5, 5.41) is 11.8. The molecule has 1 aliphatic carbocycles. The fourth-order valence-electron chi connectivity index (χ4n) is 1.38. The summed E-state index contributed by atoms with van der Waals surface area (Å²) in [7, 11) is 0. The molecule has 0 aliphatic heterocycles. The van der Waals surface area contributed by atoms with E-state index < -0.39 is 0 Å². The van der Waals surface area contributed by atoms with Gasteiger partial charge < -0.3 is 5.32 Å². The van der Waals surface area contributed by atoms with Crippen LogP contribution in [-0.2, 0) is 0 Å². The molecule has 1 fully saturated rings. The smallest absolute Gasteiger partial charge is 0.0638 e. The minimum Gasteiger partial charge on any atom is -0.310 e. The summed E-state index contributed by atoms with van der Waals surface area (Å²) in [6, 6.07) is 3.14. The van der Waals surface area contributed by atoms with E-state index in [2.05, 4.69) is 25.2 Å². The van der Waals surface area contributed by atoms with Crippen LogP contribution in [0.4, 0.5) is 0 Å². The molecule has 62 valence electrons. The molecular formula is C9H16N2. The molecule has 2 atom stereocenters. The predicted octanol–water partition coefficient (Wildman–Crippen LogP) is 1.68. The van der Waals surface area contributed by atoms with Gasteiger partial charge in [0.05, 0.1) is 12.5 Å². The average Bonchev–Trinajstić information content (AvgIpc) is 2.67. The summed E-state index contributed by atoms with van der Waals surface area (Å²) in [5.74, 6) is 0.885. The summed E-state index contributed by atoms with van der Waals surface area (Å²) >= 11 is 0. The third-order valence-electron chi connectivity index (χ3n) is 2.27. The molecule has 0 heterocycles. The first kappa shape index (κ1) is 8.55. The minimum atomic E-state index is 0.357. The second-order valence-corrected chi connectivity index (χ2v) is 3.56. The van der Waals surface area contributed by atoms with Crippen molar-refractivity contribution in [1.29, 1.82) is 5.26 Å². The van der Waals surface area contributed by atoms with Gasteiger partial charge in [0.15, 0.2) is 0 Å². The maximum Gasteiger partial charge on any atom is 0.0638 e. The van der Waals surface area contributed by atoms with Crippen LogP contribution in [0.2, 0.25) is 0 Å². The molecule has 1 rings (SSSR count). The average molecular weight is 152 g/mol. The Hall–Kier alpha value is -0.550. The predicted molar refractivity (Wildman–Crippen MR) is 45.0 cm³/mol. The molecule has 1 N–H and O–H groups in total. The number of hydrogen-bond donors (Lipinski definition) is 1. The number of rotatable bonds is 4. The monoisotopic (exact) mass is 152 g/mol. The molecule has 0 aromatic heterocycles. The molecule has 2 nitrogen and oxygen atoms in total. The Kier molecular flexibility index (Phi) is 2.90. The molecule has 0 spiro atoms. The van der Waals surface area contributed by atoms with E-state index in [0.29, 0.717) is 18.5 Å². The van der Waals surface area contributed by atoms with Gasteiger partial charge in [-0.2, -0.15) is 5.26 Å². The Bertz CT molecular complexity index is 155. The van der Waals surface area contributed by atoms with Crippen molar-refractivity contribution in [3.8, 4) is 6.07 Å². The van der Waals surface area contributed by atoms with Crippen molar-refractivity contribution in [3.05, 3.63) is 0 Å².